The molecule has 3 N–H and O–H groups in total. The summed E-state index contributed by atoms with van der Waals surface area (Å²) in [5.74, 6) is 0.875. The Hall–Kier alpha value is -1.16. The van der Waals surface area contributed by atoms with E-state index in [1.54, 1.807) is 0 Å². The first-order valence-electron chi connectivity index (χ1n) is 6.71. The number of hydrogen-bond acceptors (Lipinski definition) is 3. The second-order valence-corrected chi connectivity index (χ2v) is 5.52. The van der Waals surface area contributed by atoms with Crippen LogP contribution in [0.15, 0.2) is 18.3 Å². The molecule has 18 heavy (non-hydrogen) atoms. The minimum atomic E-state index is 0.352. The molecule has 1 aromatic heterocycles. The van der Waals surface area contributed by atoms with Crippen LogP contribution in [0.5, 0.6) is 0 Å². The van der Waals surface area contributed by atoms with Crippen molar-refractivity contribution in [3.05, 3.63) is 24.0 Å². The number of aromatic nitrogens is 1. The van der Waals surface area contributed by atoms with Gasteiger partial charge in [-0.3, -0.25) is 4.98 Å². The third-order valence-corrected chi connectivity index (χ3v) is 3.96. The Morgan fingerprint density at radius 1 is 1.50 bits per heavy atom. The molecule has 1 heterocycles. The summed E-state index contributed by atoms with van der Waals surface area (Å²) in [4.78, 5) is 4.61. The summed E-state index contributed by atoms with van der Waals surface area (Å²) in [6, 6.07) is 4.48. The van der Waals surface area contributed by atoms with Gasteiger partial charge in [-0.25, -0.2) is 0 Å². The molecule has 1 aliphatic carbocycles. The standard InChI is InChI=1S/C14H21N3S/c1-2-10-4-3-5-11(8-10)17-12-6-7-13(14(15)18)16-9-12/h6-7,9-11,17H,2-5,8H2,1H3,(H2,15,18). The van der Waals surface area contributed by atoms with Gasteiger partial charge in [0.15, 0.2) is 0 Å². The Morgan fingerprint density at radius 2 is 2.33 bits per heavy atom. The molecule has 1 fully saturated rings. The maximum absolute atomic E-state index is 5.53. The molecule has 0 aliphatic heterocycles. The van der Waals surface area contributed by atoms with Crippen molar-refractivity contribution in [2.24, 2.45) is 11.7 Å². The molecule has 4 heteroatoms. The monoisotopic (exact) mass is 263 g/mol. The zero-order valence-electron chi connectivity index (χ0n) is 10.9. The van der Waals surface area contributed by atoms with Gasteiger partial charge in [-0.15, -0.1) is 0 Å². The highest BCUT2D eigenvalue weighted by Crippen LogP contribution is 2.28. The van der Waals surface area contributed by atoms with Crippen LogP contribution < -0.4 is 11.1 Å². The predicted octanol–water partition coefficient (Wildman–Crippen LogP) is 3.10. The van der Waals surface area contributed by atoms with Crippen LogP contribution in [-0.4, -0.2) is 16.0 Å². The molecule has 1 saturated carbocycles. The van der Waals surface area contributed by atoms with Crippen LogP contribution in [0.1, 0.15) is 44.7 Å². The predicted molar refractivity (Wildman–Crippen MR) is 79.8 cm³/mol. The van der Waals surface area contributed by atoms with E-state index in [0.29, 0.717) is 16.7 Å². The fraction of sp³-hybridized carbons (Fsp3) is 0.571. The van der Waals surface area contributed by atoms with Crippen LogP contribution in [-0.2, 0) is 0 Å². The first-order valence-corrected chi connectivity index (χ1v) is 7.12. The van der Waals surface area contributed by atoms with Crippen molar-refractivity contribution in [2.45, 2.75) is 45.1 Å². The zero-order chi connectivity index (χ0) is 13.0. The molecule has 0 bridgehead atoms. The lowest BCUT2D eigenvalue weighted by atomic mass is 9.84. The quantitative estimate of drug-likeness (QED) is 0.820. The van der Waals surface area contributed by atoms with E-state index in [2.05, 4.69) is 17.2 Å². The first kappa shape index (κ1) is 13.3. The summed E-state index contributed by atoms with van der Waals surface area (Å²) in [6.07, 6.45) is 8.35. The summed E-state index contributed by atoms with van der Waals surface area (Å²) in [6.45, 7) is 2.28. The molecule has 2 rings (SSSR count). The van der Waals surface area contributed by atoms with E-state index < -0.39 is 0 Å². The molecular weight excluding hydrogens is 242 g/mol. The largest absolute Gasteiger partial charge is 0.388 e. The Balaban J connectivity index is 1.94. The number of thiocarbonyl (C=S) groups is 1. The van der Waals surface area contributed by atoms with Gasteiger partial charge < -0.3 is 11.1 Å². The van der Waals surface area contributed by atoms with Gasteiger partial charge in [-0.05, 0) is 30.9 Å². The summed E-state index contributed by atoms with van der Waals surface area (Å²) in [5.41, 5.74) is 7.29. The highest BCUT2D eigenvalue weighted by atomic mass is 32.1. The van der Waals surface area contributed by atoms with Gasteiger partial charge in [0, 0.05) is 6.04 Å². The highest BCUT2D eigenvalue weighted by Gasteiger charge is 2.20. The minimum absolute atomic E-state index is 0.352. The topological polar surface area (TPSA) is 50.9 Å². The Labute approximate surface area is 114 Å². The van der Waals surface area contributed by atoms with E-state index in [4.69, 9.17) is 18.0 Å². The van der Waals surface area contributed by atoms with E-state index >= 15 is 0 Å². The Kier molecular flexibility index (Phi) is 4.53. The summed E-state index contributed by atoms with van der Waals surface area (Å²) < 4.78 is 0. The molecule has 2 unspecified atom stereocenters. The van der Waals surface area contributed by atoms with E-state index in [0.717, 1.165) is 11.6 Å². The van der Waals surface area contributed by atoms with Crippen LogP contribution in [0, 0.1) is 5.92 Å². The number of anilines is 1. The first-order chi connectivity index (χ1) is 8.69. The van der Waals surface area contributed by atoms with Crippen molar-refractivity contribution in [3.8, 4) is 0 Å². The molecule has 0 saturated heterocycles. The van der Waals surface area contributed by atoms with Crippen molar-refractivity contribution < 1.29 is 0 Å². The van der Waals surface area contributed by atoms with Crippen LogP contribution in [0.25, 0.3) is 0 Å². The number of rotatable bonds is 4. The zero-order valence-corrected chi connectivity index (χ0v) is 11.7. The number of nitrogens with two attached hydrogens (primary N) is 1. The minimum Gasteiger partial charge on any atom is -0.388 e. The lowest BCUT2D eigenvalue weighted by Crippen LogP contribution is -2.27. The van der Waals surface area contributed by atoms with E-state index in [-0.39, 0.29) is 0 Å². The Morgan fingerprint density at radius 3 is 2.94 bits per heavy atom. The lowest BCUT2D eigenvalue weighted by molar-refractivity contribution is 0.327. The summed E-state index contributed by atoms with van der Waals surface area (Å²) in [7, 11) is 0. The van der Waals surface area contributed by atoms with Gasteiger partial charge in [0.05, 0.1) is 17.6 Å². The maximum Gasteiger partial charge on any atom is 0.122 e. The van der Waals surface area contributed by atoms with Crippen molar-refractivity contribution in [1.82, 2.24) is 4.98 Å². The normalized spacial score (nSPS) is 23.6. The molecular formula is C14H21N3S. The van der Waals surface area contributed by atoms with Crippen LogP contribution >= 0.6 is 12.2 Å². The van der Waals surface area contributed by atoms with Crippen LogP contribution in [0.4, 0.5) is 5.69 Å². The second-order valence-electron chi connectivity index (χ2n) is 5.08. The number of pyridine rings is 1. The molecule has 0 aromatic carbocycles. The maximum atomic E-state index is 5.53. The third-order valence-electron chi connectivity index (χ3n) is 3.75. The molecule has 1 aliphatic rings. The smallest absolute Gasteiger partial charge is 0.122 e. The Bertz CT molecular complexity index is 402. The van der Waals surface area contributed by atoms with E-state index in [1.165, 1.54) is 32.1 Å². The molecule has 98 valence electrons. The van der Waals surface area contributed by atoms with Gasteiger partial charge in [-0.1, -0.05) is 38.4 Å². The fourth-order valence-electron chi connectivity index (χ4n) is 2.65. The average Bonchev–Trinajstić information content (AvgIpc) is 2.39. The molecule has 0 spiro atoms. The highest BCUT2D eigenvalue weighted by molar-refractivity contribution is 7.80. The lowest BCUT2D eigenvalue weighted by Gasteiger charge is -2.29. The van der Waals surface area contributed by atoms with Crippen LogP contribution in [0.3, 0.4) is 0 Å². The van der Waals surface area contributed by atoms with Crippen molar-refractivity contribution in [3.63, 3.8) is 0 Å². The molecule has 3 nitrogen and oxygen atoms in total. The van der Waals surface area contributed by atoms with Gasteiger partial charge in [0.25, 0.3) is 0 Å². The van der Waals surface area contributed by atoms with Crippen molar-refractivity contribution in [2.75, 3.05) is 5.32 Å². The fourth-order valence-corrected chi connectivity index (χ4v) is 2.77. The average molecular weight is 263 g/mol. The second kappa shape index (κ2) is 6.14. The number of nitrogens with zero attached hydrogens (tertiary/aromatic N) is 1. The SMILES string of the molecule is CCC1CCCC(Nc2ccc(C(N)=S)nc2)C1. The van der Waals surface area contributed by atoms with Crippen molar-refractivity contribution >= 4 is 22.9 Å². The van der Waals surface area contributed by atoms with Gasteiger partial charge >= 0.3 is 0 Å². The molecule has 1 aromatic rings. The number of nitrogens with one attached hydrogen (secondary N) is 1. The van der Waals surface area contributed by atoms with E-state index in [1.807, 2.05) is 18.3 Å². The van der Waals surface area contributed by atoms with Gasteiger partial charge in [0.2, 0.25) is 0 Å². The van der Waals surface area contributed by atoms with E-state index in [9.17, 15) is 0 Å². The number of hydrogen-bond donors (Lipinski definition) is 2. The van der Waals surface area contributed by atoms with Crippen LogP contribution in [0.2, 0.25) is 0 Å². The molecule has 0 amide bonds. The van der Waals surface area contributed by atoms with Gasteiger partial charge in [-0.2, -0.15) is 0 Å². The molecule has 2 atom stereocenters. The third kappa shape index (κ3) is 3.42. The molecule has 0 radical (unpaired) electrons. The van der Waals surface area contributed by atoms with Crippen molar-refractivity contribution in [1.29, 1.82) is 0 Å². The summed E-state index contributed by atoms with van der Waals surface area (Å²) >= 11 is 4.89. The summed E-state index contributed by atoms with van der Waals surface area (Å²) in [5, 5.41) is 3.56. The van der Waals surface area contributed by atoms with Gasteiger partial charge in [0.1, 0.15) is 4.99 Å².